The second-order valence-electron chi connectivity index (χ2n) is 5.75. The number of aromatic nitrogens is 1. The first-order chi connectivity index (χ1) is 12.8. The van der Waals surface area contributed by atoms with Crippen LogP contribution in [-0.4, -0.2) is 23.1 Å². The summed E-state index contributed by atoms with van der Waals surface area (Å²) in [6.07, 6.45) is 3.50. The molecule has 0 saturated carbocycles. The van der Waals surface area contributed by atoms with Gasteiger partial charge in [0.15, 0.2) is 5.84 Å². The molecule has 128 valence electrons. The van der Waals surface area contributed by atoms with E-state index in [0.717, 1.165) is 33.8 Å². The van der Waals surface area contributed by atoms with E-state index in [1.807, 2.05) is 67.6 Å². The number of rotatable bonds is 4. The summed E-state index contributed by atoms with van der Waals surface area (Å²) < 4.78 is 5.67. The molecule has 1 aliphatic rings. The fraction of sp³-hybridized carbons (Fsp3) is 0.0952. The lowest BCUT2D eigenvalue weighted by atomic mass is 10.0. The van der Waals surface area contributed by atoms with Gasteiger partial charge in [0, 0.05) is 29.1 Å². The fourth-order valence-corrected chi connectivity index (χ4v) is 2.82. The Bertz CT molecular complexity index is 966. The van der Waals surface area contributed by atoms with Crippen LogP contribution in [0.4, 0.5) is 5.69 Å². The molecule has 1 aromatic heterocycles. The quantitative estimate of drug-likeness (QED) is 0.782. The van der Waals surface area contributed by atoms with Gasteiger partial charge in [0.2, 0.25) is 0 Å². The summed E-state index contributed by atoms with van der Waals surface area (Å²) in [7, 11) is 0. The Labute approximate surface area is 152 Å². The molecule has 1 aliphatic heterocycles. The number of fused-ring (bicyclic) bond motifs is 1. The molecule has 4 rings (SSSR count). The molecular formula is C21H18N4O. The van der Waals surface area contributed by atoms with E-state index in [-0.39, 0.29) is 0 Å². The molecule has 5 nitrogen and oxygen atoms in total. The van der Waals surface area contributed by atoms with Gasteiger partial charge in [-0.05, 0) is 37.3 Å². The first-order valence-electron chi connectivity index (χ1n) is 8.50. The van der Waals surface area contributed by atoms with Gasteiger partial charge < -0.3 is 4.74 Å². The number of nitrogens with one attached hydrogen (secondary N) is 1. The number of pyridine rings is 1. The number of ether oxygens (including phenoxy) is 1. The first-order valence-corrected chi connectivity index (χ1v) is 8.50. The molecule has 0 atom stereocenters. The van der Waals surface area contributed by atoms with Crippen molar-refractivity contribution in [2.24, 2.45) is 10.1 Å². The van der Waals surface area contributed by atoms with Crippen LogP contribution in [0.15, 0.2) is 83.2 Å². The van der Waals surface area contributed by atoms with Gasteiger partial charge in [-0.3, -0.25) is 10.4 Å². The predicted octanol–water partition coefficient (Wildman–Crippen LogP) is 3.91. The topological polar surface area (TPSA) is 58.9 Å². The maximum absolute atomic E-state index is 5.67. The van der Waals surface area contributed by atoms with E-state index in [4.69, 9.17) is 9.73 Å². The van der Waals surface area contributed by atoms with Gasteiger partial charge in [0.25, 0.3) is 0 Å². The molecule has 0 fully saturated rings. The Kier molecular flexibility index (Phi) is 4.43. The van der Waals surface area contributed by atoms with Gasteiger partial charge in [0.05, 0.1) is 12.3 Å². The smallest absolute Gasteiger partial charge is 0.155 e. The highest BCUT2D eigenvalue weighted by Crippen LogP contribution is 2.29. The van der Waals surface area contributed by atoms with Crippen molar-refractivity contribution in [3.8, 4) is 5.75 Å². The number of amidine groups is 1. The van der Waals surface area contributed by atoms with Crippen molar-refractivity contribution in [1.29, 1.82) is 0 Å². The second-order valence-corrected chi connectivity index (χ2v) is 5.75. The maximum Gasteiger partial charge on any atom is 0.155 e. The highest BCUT2D eigenvalue weighted by molar-refractivity contribution is 6.18. The lowest BCUT2D eigenvalue weighted by Gasteiger charge is -2.10. The Morgan fingerprint density at radius 3 is 2.58 bits per heavy atom. The van der Waals surface area contributed by atoms with Crippen molar-refractivity contribution in [2.75, 3.05) is 6.61 Å². The van der Waals surface area contributed by atoms with E-state index in [9.17, 15) is 0 Å². The Balaban J connectivity index is 1.86. The minimum atomic E-state index is 0.610. The van der Waals surface area contributed by atoms with E-state index in [1.54, 1.807) is 12.4 Å². The van der Waals surface area contributed by atoms with Crippen molar-refractivity contribution in [3.05, 3.63) is 89.7 Å². The molecule has 2 aromatic carbocycles. The average Bonchev–Trinajstić information content (AvgIpc) is 2.89. The first kappa shape index (κ1) is 16.0. The highest BCUT2D eigenvalue weighted by Gasteiger charge is 2.18. The van der Waals surface area contributed by atoms with Gasteiger partial charge in [-0.1, -0.05) is 30.3 Å². The van der Waals surface area contributed by atoms with Crippen LogP contribution in [0, 0.1) is 0 Å². The van der Waals surface area contributed by atoms with Gasteiger partial charge in [-0.2, -0.15) is 5.10 Å². The lowest BCUT2D eigenvalue weighted by molar-refractivity contribution is 0.340. The number of nitrogens with zero attached hydrogens (tertiary/aromatic N) is 3. The van der Waals surface area contributed by atoms with Gasteiger partial charge >= 0.3 is 0 Å². The summed E-state index contributed by atoms with van der Waals surface area (Å²) >= 11 is 0. The van der Waals surface area contributed by atoms with Crippen LogP contribution < -0.4 is 10.2 Å². The van der Waals surface area contributed by atoms with Gasteiger partial charge in [-0.25, -0.2) is 4.99 Å². The number of hydrogen-bond acceptors (Lipinski definition) is 5. The molecule has 26 heavy (non-hydrogen) atoms. The predicted molar refractivity (Wildman–Crippen MR) is 103 cm³/mol. The number of hydrazone groups is 1. The molecule has 0 radical (unpaired) electrons. The van der Waals surface area contributed by atoms with Crippen molar-refractivity contribution < 1.29 is 4.74 Å². The Morgan fingerprint density at radius 2 is 1.81 bits per heavy atom. The van der Waals surface area contributed by atoms with E-state index < -0.39 is 0 Å². The monoisotopic (exact) mass is 342 g/mol. The standard InChI is InChI=1S/C21H18N4O/c1-2-26-17-10-11-19-18(13-17)20(15-7-4-3-5-8-15)24-25-21(23-19)16-9-6-12-22-14-16/h3-14H,2H2,1H3,(H,23,25). The van der Waals surface area contributed by atoms with Crippen LogP contribution in [0.3, 0.4) is 0 Å². The van der Waals surface area contributed by atoms with Crippen molar-refractivity contribution in [3.63, 3.8) is 0 Å². The van der Waals surface area contributed by atoms with Gasteiger partial charge in [-0.15, -0.1) is 0 Å². The van der Waals surface area contributed by atoms with Crippen molar-refractivity contribution in [2.45, 2.75) is 6.92 Å². The van der Waals surface area contributed by atoms with Crippen LogP contribution in [0.25, 0.3) is 0 Å². The van der Waals surface area contributed by atoms with Crippen LogP contribution in [0.2, 0.25) is 0 Å². The van der Waals surface area contributed by atoms with E-state index >= 15 is 0 Å². The fourth-order valence-electron chi connectivity index (χ4n) is 2.82. The summed E-state index contributed by atoms with van der Waals surface area (Å²) in [5, 5.41) is 4.65. The lowest BCUT2D eigenvalue weighted by Crippen LogP contribution is -2.19. The van der Waals surface area contributed by atoms with Crippen molar-refractivity contribution in [1.82, 2.24) is 10.4 Å². The number of hydrogen-bond donors (Lipinski definition) is 1. The minimum absolute atomic E-state index is 0.610. The SMILES string of the molecule is CCOc1ccc2c(c1)C(c1ccccc1)=NNC(c1cccnc1)=N2. The Morgan fingerprint density at radius 1 is 0.962 bits per heavy atom. The van der Waals surface area contributed by atoms with E-state index in [0.29, 0.717) is 12.4 Å². The van der Waals surface area contributed by atoms with Gasteiger partial charge in [0.1, 0.15) is 11.5 Å². The third kappa shape index (κ3) is 3.19. The molecule has 0 amide bonds. The van der Waals surface area contributed by atoms with Crippen LogP contribution >= 0.6 is 0 Å². The third-order valence-electron chi connectivity index (χ3n) is 4.02. The number of benzene rings is 2. The van der Waals surface area contributed by atoms with Crippen molar-refractivity contribution >= 4 is 17.2 Å². The van der Waals surface area contributed by atoms with Crippen LogP contribution in [0.5, 0.6) is 5.75 Å². The van der Waals surface area contributed by atoms with Crippen LogP contribution in [0.1, 0.15) is 23.6 Å². The molecule has 0 aliphatic carbocycles. The molecule has 5 heteroatoms. The largest absolute Gasteiger partial charge is 0.494 e. The molecule has 0 unspecified atom stereocenters. The third-order valence-corrected chi connectivity index (χ3v) is 4.02. The highest BCUT2D eigenvalue weighted by atomic mass is 16.5. The van der Waals surface area contributed by atoms with Crippen LogP contribution in [-0.2, 0) is 0 Å². The number of aliphatic imine (C=N–C) groups is 1. The zero-order valence-electron chi connectivity index (χ0n) is 14.4. The molecule has 3 aromatic rings. The average molecular weight is 342 g/mol. The zero-order valence-corrected chi connectivity index (χ0v) is 14.4. The normalized spacial score (nSPS) is 13.0. The summed E-state index contributed by atoms with van der Waals surface area (Å²) in [6, 6.07) is 19.8. The summed E-state index contributed by atoms with van der Waals surface area (Å²) in [5.74, 6) is 1.46. The molecule has 0 spiro atoms. The second kappa shape index (κ2) is 7.19. The van der Waals surface area contributed by atoms with E-state index in [2.05, 4.69) is 15.5 Å². The van der Waals surface area contributed by atoms with E-state index in [1.165, 1.54) is 0 Å². The maximum atomic E-state index is 5.67. The minimum Gasteiger partial charge on any atom is -0.494 e. The Hall–Kier alpha value is -3.47. The zero-order chi connectivity index (χ0) is 17.8. The molecule has 0 bridgehead atoms. The summed E-state index contributed by atoms with van der Waals surface area (Å²) in [6.45, 7) is 2.58. The molecular weight excluding hydrogens is 324 g/mol. The summed E-state index contributed by atoms with van der Waals surface area (Å²) in [4.78, 5) is 8.95. The molecule has 2 heterocycles. The molecule has 1 N–H and O–H groups in total. The molecule has 0 saturated heterocycles. The summed E-state index contributed by atoms with van der Waals surface area (Å²) in [5.41, 5.74) is 7.58.